The lowest BCUT2D eigenvalue weighted by Gasteiger charge is -2.10. The molecular formula is C12H13FN4O. The maximum absolute atomic E-state index is 13.1. The molecule has 3 N–H and O–H groups in total. The molecule has 0 atom stereocenters. The van der Waals surface area contributed by atoms with Crippen molar-refractivity contribution in [3.05, 3.63) is 41.5 Å². The normalized spacial score (nSPS) is 10.2. The molecule has 0 aliphatic carbocycles. The van der Waals surface area contributed by atoms with Crippen molar-refractivity contribution in [1.29, 1.82) is 0 Å². The second kappa shape index (κ2) is 4.97. The van der Waals surface area contributed by atoms with E-state index in [-0.39, 0.29) is 5.82 Å². The minimum absolute atomic E-state index is 0.272. The molecule has 0 spiro atoms. The number of benzene rings is 1. The summed E-state index contributed by atoms with van der Waals surface area (Å²) in [6.07, 6.45) is 1.34. The zero-order valence-corrected chi connectivity index (χ0v) is 10.1. The fourth-order valence-electron chi connectivity index (χ4n) is 1.47. The standard InChI is InChI=1S/C12H13FN4O/c1-7-5-9(3-4-10(7)13)18-12-8(2)11(17-14)15-6-16-12/h3-6H,14H2,1-2H3,(H,15,16,17). The Morgan fingerprint density at radius 1 is 1.28 bits per heavy atom. The molecule has 2 rings (SSSR count). The average Bonchev–Trinajstić information content (AvgIpc) is 2.36. The third-order valence-electron chi connectivity index (χ3n) is 2.52. The van der Waals surface area contributed by atoms with Gasteiger partial charge in [-0.15, -0.1) is 0 Å². The van der Waals surface area contributed by atoms with E-state index in [1.54, 1.807) is 26.0 Å². The van der Waals surface area contributed by atoms with E-state index in [0.29, 0.717) is 28.6 Å². The topological polar surface area (TPSA) is 73.1 Å². The van der Waals surface area contributed by atoms with Gasteiger partial charge in [-0.2, -0.15) is 0 Å². The summed E-state index contributed by atoms with van der Waals surface area (Å²) in [5.74, 6) is 6.42. The van der Waals surface area contributed by atoms with E-state index >= 15 is 0 Å². The van der Waals surface area contributed by atoms with E-state index in [2.05, 4.69) is 15.4 Å². The van der Waals surface area contributed by atoms with Crippen LogP contribution in [0.2, 0.25) is 0 Å². The van der Waals surface area contributed by atoms with Crippen molar-refractivity contribution < 1.29 is 9.13 Å². The minimum atomic E-state index is -0.272. The number of hydrogen-bond acceptors (Lipinski definition) is 5. The Hall–Kier alpha value is -2.21. The number of nitrogens with two attached hydrogens (primary N) is 1. The summed E-state index contributed by atoms with van der Waals surface area (Å²) < 4.78 is 18.7. The van der Waals surface area contributed by atoms with E-state index in [1.165, 1.54) is 12.4 Å². The summed E-state index contributed by atoms with van der Waals surface area (Å²) in [5.41, 5.74) is 3.64. The summed E-state index contributed by atoms with van der Waals surface area (Å²) in [4.78, 5) is 7.96. The molecule has 94 valence electrons. The monoisotopic (exact) mass is 248 g/mol. The van der Waals surface area contributed by atoms with Crippen LogP contribution < -0.4 is 16.0 Å². The van der Waals surface area contributed by atoms with Gasteiger partial charge in [0.2, 0.25) is 5.88 Å². The number of hydrazine groups is 1. The van der Waals surface area contributed by atoms with Gasteiger partial charge in [-0.05, 0) is 37.6 Å². The number of hydrogen-bond donors (Lipinski definition) is 2. The highest BCUT2D eigenvalue weighted by atomic mass is 19.1. The van der Waals surface area contributed by atoms with Crippen LogP contribution in [0.3, 0.4) is 0 Å². The number of nitrogens with one attached hydrogen (secondary N) is 1. The van der Waals surface area contributed by atoms with Crippen LogP contribution in [0.25, 0.3) is 0 Å². The second-order valence-corrected chi connectivity index (χ2v) is 3.81. The Labute approximate surface area is 104 Å². The Morgan fingerprint density at radius 3 is 2.72 bits per heavy atom. The zero-order valence-electron chi connectivity index (χ0n) is 10.1. The number of halogens is 1. The lowest BCUT2D eigenvalue weighted by Crippen LogP contribution is -2.11. The third-order valence-corrected chi connectivity index (χ3v) is 2.52. The van der Waals surface area contributed by atoms with Gasteiger partial charge in [0.1, 0.15) is 23.7 Å². The van der Waals surface area contributed by atoms with E-state index < -0.39 is 0 Å². The van der Waals surface area contributed by atoms with Crippen LogP contribution >= 0.6 is 0 Å². The number of ether oxygens (including phenoxy) is 1. The molecule has 0 radical (unpaired) electrons. The first kappa shape index (κ1) is 12.3. The molecule has 1 aromatic heterocycles. The van der Waals surface area contributed by atoms with Crippen molar-refractivity contribution in [2.24, 2.45) is 5.84 Å². The lowest BCUT2D eigenvalue weighted by atomic mass is 10.2. The van der Waals surface area contributed by atoms with Crippen LogP contribution in [0.5, 0.6) is 11.6 Å². The molecule has 0 bridgehead atoms. The summed E-state index contributed by atoms with van der Waals surface area (Å²) in [6, 6.07) is 4.50. The van der Waals surface area contributed by atoms with Crippen molar-refractivity contribution in [3.8, 4) is 11.6 Å². The first-order valence-corrected chi connectivity index (χ1v) is 5.34. The molecule has 1 heterocycles. The van der Waals surface area contributed by atoms with Gasteiger partial charge in [-0.25, -0.2) is 20.2 Å². The van der Waals surface area contributed by atoms with Crippen LogP contribution in [-0.2, 0) is 0 Å². The molecule has 6 heteroatoms. The highest BCUT2D eigenvalue weighted by Crippen LogP contribution is 2.26. The number of aryl methyl sites for hydroxylation is 1. The minimum Gasteiger partial charge on any atom is -0.439 e. The van der Waals surface area contributed by atoms with Gasteiger partial charge in [0.15, 0.2) is 0 Å². The van der Waals surface area contributed by atoms with Crippen LogP contribution in [0.1, 0.15) is 11.1 Å². The number of anilines is 1. The molecule has 0 aliphatic heterocycles. The molecule has 1 aromatic carbocycles. The Balaban J connectivity index is 2.31. The Kier molecular flexibility index (Phi) is 3.38. The molecule has 0 unspecified atom stereocenters. The maximum Gasteiger partial charge on any atom is 0.227 e. The van der Waals surface area contributed by atoms with Gasteiger partial charge in [0, 0.05) is 0 Å². The second-order valence-electron chi connectivity index (χ2n) is 3.81. The first-order chi connectivity index (χ1) is 8.61. The van der Waals surface area contributed by atoms with Crippen molar-refractivity contribution in [2.75, 3.05) is 5.43 Å². The fourth-order valence-corrected chi connectivity index (χ4v) is 1.47. The van der Waals surface area contributed by atoms with Gasteiger partial charge < -0.3 is 10.2 Å². The highest BCUT2D eigenvalue weighted by Gasteiger charge is 2.09. The molecule has 0 saturated heterocycles. The van der Waals surface area contributed by atoms with Crippen molar-refractivity contribution in [2.45, 2.75) is 13.8 Å². The average molecular weight is 248 g/mol. The molecule has 0 saturated carbocycles. The Morgan fingerprint density at radius 2 is 2.06 bits per heavy atom. The molecule has 0 aliphatic rings. The molecule has 0 amide bonds. The SMILES string of the molecule is Cc1cc(Oc2ncnc(NN)c2C)ccc1F. The maximum atomic E-state index is 13.1. The number of nitrogens with zero attached hydrogens (tertiary/aromatic N) is 2. The van der Waals surface area contributed by atoms with Crippen LogP contribution in [-0.4, -0.2) is 9.97 Å². The summed E-state index contributed by atoms with van der Waals surface area (Å²) in [7, 11) is 0. The van der Waals surface area contributed by atoms with Crippen molar-refractivity contribution in [1.82, 2.24) is 9.97 Å². The third kappa shape index (κ3) is 2.38. The molecule has 5 nitrogen and oxygen atoms in total. The summed E-state index contributed by atoms with van der Waals surface area (Å²) >= 11 is 0. The Bertz CT molecular complexity index is 574. The molecular weight excluding hydrogens is 235 g/mol. The van der Waals surface area contributed by atoms with E-state index in [1.807, 2.05) is 0 Å². The van der Waals surface area contributed by atoms with E-state index in [9.17, 15) is 4.39 Å². The van der Waals surface area contributed by atoms with Gasteiger partial charge in [0.25, 0.3) is 0 Å². The zero-order chi connectivity index (χ0) is 13.1. The highest BCUT2D eigenvalue weighted by molar-refractivity contribution is 5.47. The predicted molar refractivity (Wildman–Crippen MR) is 65.8 cm³/mol. The van der Waals surface area contributed by atoms with Gasteiger partial charge >= 0.3 is 0 Å². The smallest absolute Gasteiger partial charge is 0.227 e. The van der Waals surface area contributed by atoms with Gasteiger partial charge in [-0.3, -0.25) is 0 Å². The quantitative estimate of drug-likeness (QED) is 0.644. The van der Waals surface area contributed by atoms with Crippen LogP contribution in [0, 0.1) is 19.7 Å². The molecule has 0 fully saturated rings. The molecule has 18 heavy (non-hydrogen) atoms. The fraction of sp³-hybridized carbons (Fsp3) is 0.167. The van der Waals surface area contributed by atoms with Crippen molar-refractivity contribution in [3.63, 3.8) is 0 Å². The predicted octanol–water partition coefficient (Wildman–Crippen LogP) is 2.31. The van der Waals surface area contributed by atoms with Gasteiger partial charge in [0.05, 0.1) is 5.56 Å². The number of aromatic nitrogens is 2. The van der Waals surface area contributed by atoms with Crippen LogP contribution in [0.15, 0.2) is 24.5 Å². The van der Waals surface area contributed by atoms with E-state index in [4.69, 9.17) is 10.6 Å². The van der Waals surface area contributed by atoms with Crippen molar-refractivity contribution >= 4 is 5.82 Å². The summed E-state index contributed by atoms with van der Waals surface area (Å²) in [6.45, 7) is 3.45. The lowest BCUT2D eigenvalue weighted by molar-refractivity contribution is 0.455. The van der Waals surface area contributed by atoms with Gasteiger partial charge in [-0.1, -0.05) is 0 Å². The number of rotatable bonds is 3. The first-order valence-electron chi connectivity index (χ1n) is 5.34. The van der Waals surface area contributed by atoms with Crippen LogP contribution in [0.4, 0.5) is 10.2 Å². The number of nitrogen functional groups attached to an aromatic ring is 1. The molecule has 2 aromatic rings. The largest absolute Gasteiger partial charge is 0.439 e. The van der Waals surface area contributed by atoms with E-state index in [0.717, 1.165) is 0 Å². The summed E-state index contributed by atoms with van der Waals surface area (Å²) in [5, 5.41) is 0.